The van der Waals surface area contributed by atoms with Crippen LogP contribution in [0.2, 0.25) is 0 Å². The van der Waals surface area contributed by atoms with Gasteiger partial charge in [-0.2, -0.15) is 0 Å². The quantitative estimate of drug-likeness (QED) is 0.828. The summed E-state index contributed by atoms with van der Waals surface area (Å²) < 4.78 is 0. The minimum atomic E-state index is -0.209. The second-order valence-electron chi connectivity index (χ2n) is 4.88. The normalized spacial score (nSPS) is 17.8. The number of nitrogens with zero attached hydrogens (tertiary/aromatic N) is 1. The highest BCUT2D eigenvalue weighted by Crippen LogP contribution is 2.08. The second kappa shape index (κ2) is 7.05. The molecule has 0 saturated carbocycles. The van der Waals surface area contributed by atoms with Crippen LogP contribution in [-0.4, -0.2) is 48.9 Å². The molecule has 0 radical (unpaired) electrons. The van der Waals surface area contributed by atoms with E-state index in [1.165, 1.54) is 0 Å². The summed E-state index contributed by atoms with van der Waals surface area (Å²) in [6.07, 6.45) is 0.978. The molecule has 5 heteroatoms. The van der Waals surface area contributed by atoms with Crippen LogP contribution in [0, 0.1) is 0 Å². The summed E-state index contributed by atoms with van der Waals surface area (Å²) in [5.41, 5.74) is 0.575. The summed E-state index contributed by atoms with van der Waals surface area (Å²) in [6.45, 7) is 4.48. The lowest BCUT2D eigenvalue weighted by Gasteiger charge is -2.27. The van der Waals surface area contributed by atoms with E-state index < -0.39 is 0 Å². The third kappa shape index (κ3) is 3.57. The van der Waals surface area contributed by atoms with E-state index >= 15 is 0 Å². The molecule has 1 heterocycles. The number of likely N-dealkylation sites (N-methyl/N-ethyl adjacent to an activating group) is 1. The number of benzene rings is 1. The van der Waals surface area contributed by atoms with Gasteiger partial charge in [0.1, 0.15) is 0 Å². The second-order valence-corrected chi connectivity index (χ2v) is 4.88. The van der Waals surface area contributed by atoms with Gasteiger partial charge < -0.3 is 15.5 Å². The molecule has 1 aliphatic heterocycles. The first kappa shape index (κ1) is 14.5. The van der Waals surface area contributed by atoms with Crippen molar-refractivity contribution in [3.63, 3.8) is 0 Å². The van der Waals surface area contributed by atoms with Crippen LogP contribution in [0.25, 0.3) is 0 Å². The SMILES string of the molecule is CCN(C(=O)CNC(=O)c1ccccc1)C1CCNC1. The van der Waals surface area contributed by atoms with E-state index in [2.05, 4.69) is 10.6 Å². The van der Waals surface area contributed by atoms with Crippen molar-refractivity contribution in [2.75, 3.05) is 26.2 Å². The smallest absolute Gasteiger partial charge is 0.251 e. The van der Waals surface area contributed by atoms with Crippen molar-refractivity contribution in [3.8, 4) is 0 Å². The van der Waals surface area contributed by atoms with Gasteiger partial charge in [-0.05, 0) is 32.0 Å². The Morgan fingerprint density at radius 2 is 2.10 bits per heavy atom. The van der Waals surface area contributed by atoms with E-state index in [0.29, 0.717) is 12.1 Å². The minimum Gasteiger partial charge on any atom is -0.343 e. The highest BCUT2D eigenvalue weighted by atomic mass is 16.2. The van der Waals surface area contributed by atoms with E-state index in [1.54, 1.807) is 24.3 Å². The Kier molecular flexibility index (Phi) is 5.12. The molecule has 5 nitrogen and oxygen atoms in total. The van der Waals surface area contributed by atoms with Gasteiger partial charge in [0.05, 0.1) is 6.54 Å². The molecule has 20 heavy (non-hydrogen) atoms. The molecule has 2 amide bonds. The lowest BCUT2D eigenvalue weighted by atomic mass is 10.2. The van der Waals surface area contributed by atoms with Crippen LogP contribution in [0.5, 0.6) is 0 Å². The first-order valence-electron chi connectivity index (χ1n) is 7.05. The molecule has 1 atom stereocenters. The molecule has 2 rings (SSSR count). The fraction of sp³-hybridized carbons (Fsp3) is 0.467. The van der Waals surface area contributed by atoms with E-state index in [9.17, 15) is 9.59 Å². The molecule has 1 aromatic carbocycles. The van der Waals surface area contributed by atoms with E-state index in [-0.39, 0.29) is 24.4 Å². The Labute approximate surface area is 119 Å². The molecule has 1 fully saturated rings. The molecule has 1 saturated heterocycles. The van der Waals surface area contributed by atoms with Gasteiger partial charge in [-0.1, -0.05) is 18.2 Å². The zero-order chi connectivity index (χ0) is 14.4. The lowest BCUT2D eigenvalue weighted by Crippen LogP contribution is -2.46. The van der Waals surface area contributed by atoms with Crippen molar-refractivity contribution in [1.82, 2.24) is 15.5 Å². The van der Waals surface area contributed by atoms with Gasteiger partial charge in [-0.15, -0.1) is 0 Å². The lowest BCUT2D eigenvalue weighted by molar-refractivity contribution is -0.131. The predicted molar refractivity (Wildman–Crippen MR) is 77.4 cm³/mol. The molecule has 0 aliphatic carbocycles. The van der Waals surface area contributed by atoms with Crippen molar-refractivity contribution in [2.45, 2.75) is 19.4 Å². The summed E-state index contributed by atoms with van der Waals surface area (Å²) in [4.78, 5) is 25.9. The Hall–Kier alpha value is -1.88. The fourth-order valence-corrected chi connectivity index (χ4v) is 2.49. The van der Waals surface area contributed by atoms with Crippen molar-refractivity contribution in [1.29, 1.82) is 0 Å². The van der Waals surface area contributed by atoms with Crippen LogP contribution in [0.1, 0.15) is 23.7 Å². The van der Waals surface area contributed by atoms with Crippen LogP contribution in [-0.2, 0) is 4.79 Å². The highest BCUT2D eigenvalue weighted by molar-refractivity contribution is 5.96. The number of nitrogens with one attached hydrogen (secondary N) is 2. The van der Waals surface area contributed by atoms with E-state index in [1.807, 2.05) is 17.9 Å². The van der Waals surface area contributed by atoms with Crippen molar-refractivity contribution in [3.05, 3.63) is 35.9 Å². The molecule has 0 bridgehead atoms. The zero-order valence-electron chi connectivity index (χ0n) is 11.8. The van der Waals surface area contributed by atoms with Gasteiger partial charge in [-0.3, -0.25) is 9.59 Å². The van der Waals surface area contributed by atoms with Gasteiger partial charge >= 0.3 is 0 Å². The number of hydrogen-bond acceptors (Lipinski definition) is 3. The summed E-state index contributed by atoms with van der Waals surface area (Å²) in [6, 6.07) is 9.18. The Morgan fingerprint density at radius 1 is 1.35 bits per heavy atom. The van der Waals surface area contributed by atoms with E-state index in [0.717, 1.165) is 19.5 Å². The first-order valence-corrected chi connectivity index (χ1v) is 7.05. The van der Waals surface area contributed by atoms with Crippen molar-refractivity contribution in [2.24, 2.45) is 0 Å². The number of hydrogen-bond donors (Lipinski definition) is 2. The van der Waals surface area contributed by atoms with Gasteiger partial charge in [0, 0.05) is 24.7 Å². The number of carbonyl (C=O) groups excluding carboxylic acids is 2. The fourth-order valence-electron chi connectivity index (χ4n) is 2.49. The monoisotopic (exact) mass is 275 g/mol. The van der Waals surface area contributed by atoms with Crippen LogP contribution < -0.4 is 10.6 Å². The highest BCUT2D eigenvalue weighted by Gasteiger charge is 2.25. The number of carbonyl (C=O) groups is 2. The summed E-state index contributed by atoms with van der Waals surface area (Å²) >= 11 is 0. The maximum Gasteiger partial charge on any atom is 0.251 e. The predicted octanol–water partition coefficient (Wildman–Crippen LogP) is 0.627. The molecule has 1 aliphatic rings. The van der Waals surface area contributed by atoms with Gasteiger partial charge in [0.25, 0.3) is 5.91 Å². The Morgan fingerprint density at radius 3 is 2.70 bits per heavy atom. The van der Waals surface area contributed by atoms with Crippen LogP contribution >= 0.6 is 0 Å². The van der Waals surface area contributed by atoms with Gasteiger partial charge in [0.2, 0.25) is 5.91 Å². The Balaban J connectivity index is 1.86. The molecule has 108 valence electrons. The third-order valence-electron chi connectivity index (χ3n) is 3.57. The van der Waals surface area contributed by atoms with Crippen LogP contribution in [0.15, 0.2) is 30.3 Å². The topological polar surface area (TPSA) is 61.4 Å². The summed E-state index contributed by atoms with van der Waals surface area (Å²) in [7, 11) is 0. The zero-order valence-corrected chi connectivity index (χ0v) is 11.8. The minimum absolute atomic E-state index is 0.0227. The van der Waals surface area contributed by atoms with Crippen LogP contribution in [0.3, 0.4) is 0 Å². The standard InChI is InChI=1S/C15H21N3O2/c1-2-18(13-8-9-16-10-13)14(19)11-17-15(20)12-6-4-3-5-7-12/h3-7,13,16H,2,8-11H2,1H3,(H,17,20). The van der Waals surface area contributed by atoms with Gasteiger partial charge in [-0.25, -0.2) is 0 Å². The van der Waals surface area contributed by atoms with E-state index in [4.69, 9.17) is 0 Å². The molecule has 0 aromatic heterocycles. The maximum atomic E-state index is 12.2. The number of rotatable bonds is 5. The number of amides is 2. The van der Waals surface area contributed by atoms with Gasteiger partial charge in [0.15, 0.2) is 0 Å². The molecule has 0 spiro atoms. The Bertz CT molecular complexity index is 455. The molecular weight excluding hydrogens is 254 g/mol. The first-order chi connectivity index (χ1) is 9.72. The summed E-state index contributed by atoms with van der Waals surface area (Å²) in [5.74, 6) is -0.231. The molecule has 1 aromatic rings. The van der Waals surface area contributed by atoms with Crippen molar-refractivity contribution < 1.29 is 9.59 Å². The molecule has 2 N–H and O–H groups in total. The maximum absolute atomic E-state index is 12.2. The third-order valence-corrected chi connectivity index (χ3v) is 3.57. The molecule has 1 unspecified atom stereocenters. The average molecular weight is 275 g/mol. The largest absolute Gasteiger partial charge is 0.343 e. The molecular formula is C15H21N3O2. The van der Waals surface area contributed by atoms with Crippen molar-refractivity contribution >= 4 is 11.8 Å². The van der Waals surface area contributed by atoms with Crippen LogP contribution in [0.4, 0.5) is 0 Å². The average Bonchev–Trinajstić information content (AvgIpc) is 3.00. The summed E-state index contributed by atoms with van der Waals surface area (Å²) in [5, 5.41) is 5.94.